The van der Waals surface area contributed by atoms with Gasteiger partial charge in [0.25, 0.3) is 0 Å². The first-order valence-corrected chi connectivity index (χ1v) is 16.5. The zero-order chi connectivity index (χ0) is 35.0. The Balaban J connectivity index is -0.000000123. The average molecular weight is 748 g/mol. The molecule has 3 N–H and O–H groups in total. The number of aliphatic carboxylic acids is 4. The molecular weight excluding hydrogens is 677 g/mol. The van der Waals surface area contributed by atoms with Crippen molar-refractivity contribution in [3.8, 4) is 0 Å². The van der Waals surface area contributed by atoms with Crippen LogP contribution in [0.25, 0.3) is 0 Å². The fourth-order valence-corrected chi connectivity index (χ4v) is 3.71. The Morgan fingerprint density at radius 3 is 0.833 bits per heavy atom. The van der Waals surface area contributed by atoms with E-state index in [1.807, 2.05) is 0 Å². The Labute approximate surface area is 347 Å². The molecule has 0 rings (SSSR count). The average Bonchev–Trinajstić information content (AvgIpc) is 2.92. The van der Waals surface area contributed by atoms with Crippen molar-refractivity contribution >= 4 is 97.5 Å². The van der Waals surface area contributed by atoms with Gasteiger partial charge in [0.15, 0.2) is 0 Å². The number of ether oxygens (including phenoxy) is 2. The molecule has 0 aliphatic rings. The predicted octanol–water partition coefficient (Wildman–Crippen LogP) is 6.82. The van der Waals surface area contributed by atoms with Crippen molar-refractivity contribution in [1.82, 2.24) is 0 Å². The summed E-state index contributed by atoms with van der Waals surface area (Å²) in [5.41, 5.74) is -2.77. The van der Waals surface area contributed by atoms with E-state index >= 15 is 0 Å². The molecule has 0 spiro atoms. The maximum atomic E-state index is 10.9. The standard InChI is InChI=1S/2C16H30O5.3CH4.2Ca.O/c2*1-15(2,13(17)18)9-5-7-11-21-12-8-6-10-16(3,4)14(19)20;;;;;;/h2*5-12H2,1-4H3,(H,17,18)(H,19,20);3*1H4;;;/q;;;;;;+2;/p-1. The molecule has 11 nitrogen and oxygen atoms in total. The summed E-state index contributed by atoms with van der Waals surface area (Å²) in [4.78, 5) is 43.5. The van der Waals surface area contributed by atoms with Gasteiger partial charge in [-0.2, -0.15) is 0 Å². The summed E-state index contributed by atoms with van der Waals surface area (Å²) in [7, 11) is 0. The summed E-state index contributed by atoms with van der Waals surface area (Å²) in [6.45, 7) is 16.3. The van der Waals surface area contributed by atoms with Crippen LogP contribution in [0.3, 0.4) is 0 Å². The molecule has 0 aromatic heterocycles. The molecule has 0 aromatic rings. The Hall–Kier alpha value is 0.119. The fraction of sp³-hybridized carbons (Fsp3) is 0.886. The minimum atomic E-state index is -1.01. The van der Waals surface area contributed by atoms with E-state index in [1.165, 1.54) is 0 Å². The number of hydrogen-bond acceptors (Lipinski definition) is 8. The van der Waals surface area contributed by atoms with Crippen molar-refractivity contribution in [2.24, 2.45) is 21.7 Å². The number of carbonyl (C=O) groups is 4. The normalized spacial score (nSPS) is 11.0. The molecule has 0 saturated carbocycles. The third kappa shape index (κ3) is 34.6. The van der Waals surface area contributed by atoms with Crippen LogP contribution in [-0.2, 0) is 30.1 Å². The van der Waals surface area contributed by atoms with Gasteiger partial charge < -0.3 is 34.7 Å². The summed E-state index contributed by atoms with van der Waals surface area (Å²) in [6, 6.07) is 0. The Bertz CT molecular complexity index is 699. The van der Waals surface area contributed by atoms with E-state index in [-0.39, 0.29) is 95.9 Å². The van der Waals surface area contributed by atoms with E-state index < -0.39 is 45.5 Å². The van der Waals surface area contributed by atoms with Gasteiger partial charge in [0.05, 0.1) is 16.2 Å². The van der Waals surface area contributed by atoms with Crippen molar-refractivity contribution in [1.29, 1.82) is 0 Å². The number of carbonyl (C=O) groups excluding carboxylic acids is 1. The number of carboxylic acid groups (broad SMARTS) is 4. The van der Waals surface area contributed by atoms with Crippen molar-refractivity contribution < 1.29 is 50.5 Å². The number of carboxylic acids is 4. The van der Waals surface area contributed by atoms with Crippen molar-refractivity contribution in [2.45, 2.75) is 155 Å². The van der Waals surface area contributed by atoms with Gasteiger partial charge in [-0.1, -0.05) is 61.8 Å². The van der Waals surface area contributed by atoms with Crippen LogP contribution in [0.5, 0.6) is 0 Å². The molecule has 0 aromatic carbocycles. The van der Waals surface area contributed by atoms with Crippen LogP contribution >= 0.6 is 0 Å². The Kier molecular flexibility index (Phi) is 45.0. The van der Waals surface area contributed by atoms with Gasteiger partial charge in [0.2, 0.25) is 0 Å². The quantitative estimate of drug-likeness (QED) is 0.0694. The molecule has 280 valence electrons. The first-order valence-electron chi connectivity index (χ1n) is 15.5. The zero-order valence-corrected chi connectivity index (χ0v) is 33.8. The van der Waals surface area contributed by atoms with Crippen molar-refractivity contribution in [3.05, 3.63) is 0 Å². The second kappa shape index (κ2) is 34.2. The molecule has 0 radical (unpaired) electrons. The number of unbranched alkanes of at least 4 members (excludes halogenated alkanes) is 4. The molecule has 0 bridgehead atoms. The van der Waals surface area contributed by atoms with Gasteiger partial charge >= 0.3 is 93.0 Å². The molecule has 0 atom stereocenters. The van der Waals surface area contributed by atoms with Crippen LogP contribution in [0.2, 0.25) is 0 Å². The molecule has 48 heavy (non-hydrogen) atoms. The SMILES string of the molecule is C.C.C.CC(C)(CCCCOCCCCC(C)(C)C(=O)O)C(=O)O.CC(C)(CCCCOCCCCC(C)(C)C(=O)O)C(=O)[O-].[Ca+2].[O]=[Ca]. The third-order valence-corrected chi connectivity index (χ3v) is 7.65. The van der Waals surface area contributed by atoms with Crippen molar-refractivity contribution in [3.63, 3.8) is 0 Å². The van der Waals surface area contributed by atoms with Crippen molar-refractivity contribution in [2.75, 3.05) is 26.4 Å². The van der Waals surface area contributed by atoms with Crippen LogP contribution in [0.1, 0.15) is 155 Å². The number of hydrogen-bond donors (Lipinski definition) is 3. The van der Waals surface area contributed by atoms with E-state index in [9.17, 15) is 24.3 Å². The van der Waals surface area contributed by atoms with Gasteiger partial charge in [-0.25, -0.2) is 0 Å². The third-order valence-electron chi connectivity index (χ3n) is 7.65. The summed E-state index contributed by atoms with van der Waals surface area (Å²) in [5, 5.41) is 37.7. The number of rotatable bonds is 24. The molecule has 0 aliphatic carbocycles. The van der Waals surface area contributed by atoms with E-state index in [0.29, 0.717) is 52.1 Å². The van der Waals surface area contributed by atoms with Gasteiger partial charge in [-0.3, -0.25) is 14.4 Å². The Morgan fingerprint density at radius 2 is 0.667 bits per heavy atom. The minimum absolute atomic E-state index is 0. The molecule has 0 unspecified atom stereocenters. The van der Waals surface area contributed by atoms with Gasteiger partial charge in [-0.15, -0.1) is 0 Å². The maximum absolute atomic E-state index is 10.9. The first-order chi connectivity index (χ1) is 20.2. The van der Waals surface area contributed by atoms with E-state index in [0.717, 1.165) is 51.4 Å². The second-order valence-electron chi connectivity index (χ2n) is 13.8. The van der Waals surface area contributed by atoms with E-state index in [2.05, 4.69) is 0 Å². The van der Waals surface area contributed by atoms with Crippen LogP contribution in [0.4, 0.5) is 0 Å². The molecule has 0 heterocycles. The summed E-state index contributed by atoms with van der Waals surface area (Å²) >= 11 is 0.125. The topological polar surface area (TPSA) is 188 Å². The molecule has 13 heteroatoms. The zero-order valence-electron chi connectivity index (χ0n) is 29.3. The first kappa shape index (κ1) is 63.2. The summed E-state index contributed by atoms with van der Waals surface area (Å²) < 4.78 is 19.3. The van der Waals surface area contributed by atoms with Crippen LogP contribution in [-0.4, -0.2) is 139 Å². The van der Waals surface area contributed by atoms with E-state index in [1.54, 1.807) is 55.4 Å². The summed E-state index contributed by atoms with van der Waals surface area (Å²) in [5.74, 6) is -3.29. The Morgan fingerprint density at radius 1 is 0.479 bits per heavy atom. The van der Waals surface area contributed by atoms with Crippen LogP contribution in [0.15, 0.2) is 0 Å². The monoisotopic (exact) mass is 747 g/mol. The van der Waals surface area contributed by atoms with Crippen LogP contribution < -0.4 is 5.11 Å². The predicted molar refractivity (Wildman–Crippen MR) is 192 cm³/mol. The molecular formula is C35H71Ca2O11+. The summed E-state index contributed by atoms with van der Waals surface area (Å²) in [6.07, 6.45) is 9.24. The van der Waals surface area contributed by atoms with Gasteiger partial charge in [-0.05, 0) is 92.9 Å². The molecule has 0 saturated heterocycles. The molecule has 0 aliphatic heterocycles. The molecule has 0 amide bonds. The van der Waals surface area contributed by atoms with Crippen LogP contribution in [0, 0.1) is 21.7 Å². The molecule has 0 fully saturated rings. The fourth-order valence-electron chi connectivity index (χ4n) is 3.71. The van der Waals surface area contributed by atoms with Gasteiger partial charge in [0, 0.05) is 37.8 Å². The second-order valence-corrected chi connectivity index (χ2v) is 13.8. The van der Waals surface area contributed by atoms with Gasteiger partial charge in [0.1, 0.15) is 0 Å². The van der Waals surface area contributed by atoms with E-state index in [4.69, 9.17) is 26.2 Å².